The fraction of sp³-hybridized carbons (Fsp3) is 0.276. The van der Waals surface area contributed by atoms with Gasteiger partial charge in [0, 0.05) is 32.6 Å². The van der Waals surface area contributed by atoms with E-state index in [2.05, 4.69) is 4.90 Å². The third kappa shape index (κ3) is 5.67. The molecule has 1 saturated heterocycles. The van der Waals surface area contributed by atoms with Crippen molar-refractivity contribution in [3.05, 3.63) is 77.9 Å². The minimum atomic E-state index is -0.0376. The van der Waals surface area contributed by atoms with Gasteiger partial charge >= 0.3 is 0 Å². The molecule has 5 nitrogen and oxygen atoms in total. The number of methoxy groups -OCH3 is 1. The number of aromatic hydroxyl groups is 1. The van der Waals surface area contributed by atoms with Crippen LogP contribution in [0.15, 0.2) is 66.7 Å². The summed E-state index contributed by atoms with van der Waals surface area (Å²) in [5.41, 5.74) is 2.17. The minimum Gasteiger partial charge on any atom is -0.508 e. The van der Waals surface area contributed by atoms with Gasteiger partial charge in [0.2, 0.25) is 0 Å². The number of phenolic OH excluding ortho intramolecular Hbond substituents is 1. The van der Waals surface area contributed by atoms with Crippen LogP contribution in [0.5, 0.6) is 17.2 Å². The fourth-order valence-corrected chi connectivity index (χ4v) is 5.80. The second-order valence-corrected chi connectivity index (χ2v) is 9.87. The van der Waals surface area contributed by atoms with Gasteiger partial charge in [0.25, 0.3) is 0 Å². The highest BCUT2D eigenvalue weighted by atomic mass is 35.5. The molecule has 5 rings (SSSR count). The summed E-state index contributed by atoms with van der Waals surface area (Å²) in [5.74, 6) is 1.68. The molecule has 0 bridgehead atoms. The number of nitrogens with zero attached hydrogens (tertiary/aromatic N) is 1. The topological polar surface area (TPSA) is 59.0 Å². The number of halogens is 1. The number of hydrogen-bond acceptors (Lipinski definition) is 6. The molecular weight excluding hydrogens is 494 g/mol. The first kappa shape index (κ1) is 26.0. The van der Waals surface area contributed by atoms with Crippen molar-refractivity contribution in [2.45, 2.75) is 19.3 Å². The molecule has 1 N–H and O–H groups in total. The zero-order valence-corrected chi connectivity index (χ0v) is 21.9. The second kappa shape index (κ2) is 11.8. The monoisotopic (exact) mass is 523 g/mol. The number of fused-ring (bicyclic) bond motifs is 1. The van der Waals surface area contributed by atoms with E-state index in [0.29, 0.717) is 17.7 Å². The van der Waals surface area contributed by atoms with Crippen molar-refractivity contribution in [2.75, 3.05) is 33.4 Å². The first-order valence-corrected chi connectivity index (χ1v) is 12.8. The molecule has 0 amide bonds. The molecule has 1 aromatic heterocycles. The highest BCUT2D eigenvalue weighted by molar-refractivity contribution is 7.22. The van der Waals surface area contributed by atoms with Crippen LogP contribution in [0.25, 0.3) is 20.5 Å². The summed E-state index contributed by atoms with van der Waals surface area (Å²) in [5, 5.41) is 10.6. The Morgan fingerprint density at radius 2 is 1.64 bits per heavy atom. The van der Waals surface area contributed by atoms with E-state index in [1.54, 1.807) is 30.6 Å². The first-order chi connectivity index (χ1) is 17.1. The standard InChI is InChI=1S/C29H29NO4S.ClH/c1-33-24-13-14-25-26(19-24)35-29(21-5-9-22(31)10-6-21)27(25)28(32)20-7-11-23(12-8-20)34-18-17-30-15-3-2-4-16-30;/h5-14,19,31H,2-4,15-18H2,1H3;1H. The lowest BCUT2D eigenvalue weighted by Crippen LogP contribution is -2.33. The number of carbonyl (C=O) groups excluding carboxylic acids is 1. The Morgan fingerprint density at radius 3 is 2.33 bits per heavy atom. The van der Waals surface area contributed by atoms with E-state index >= 15 is 0 Å². The van der Waals surface area contributed by atoms with Crippen LogP contribution in [-0.4, -0.2) is 49.1 Å². The Balaban J connectivity index is 0.00000304. The molecule has 1 aliphatic heterocycles. The molecule has 0 aliphatic carbocycles. The number of ketones is 1. The van der Waals surface area contributed by atoms with Crippen molar-refractivity contribution in [2.24, 2.45) is 0 Å². The van der Waals surface area contributed by atoms with Gasteiger partial charge in [-0.05, 0) is 98.2 Å². The number of hydrogen-bond donors (Lipinski definition) is 1. The molecule has 2 heterocycles. The number of benzene rings is 3. The number of carbonyl (C=O) groups is 1. The van der Waals surface area contributed by atoms with Gasteiger partial charge in [-0.25, -0.2) is 0 Å². The number of phenols is 1. The van der Waals surface area contributed by atoms with E-state index < -0.39 is 0 Å². The van der Waals surface area contributed by atoms with Gasteiger partial charge in [-0.3, -0.25) is 9.69 Å². The van der Waals surface area contributed by atoms with Gasteiger partial charge in [0.05, 0.1) is 7.11 Å². The summed E-state index contributed by atoms with van der Waals surface area (Å²) in [7, 11) is 1.64. The molecular formula is C29H30ClNO4S. The normalized spacial score (nSPS) is 13.8. The molecule has 188 valence electrons. The Labute approximate surface area is 221 Å². The maximum Gasteiger partial charge on any atom is 0.195 e. The van der Waals surface area contributed by atoms with Gasteiger partial charge in [-0.2, -0.15) is 0 Å². The van der Waals surface area contributed by atoms with Crippen molar-refractivity contribution in [1.82, 2.24) is 4.90 Å². The molecule has 1 fully saturated rings. The van der Waals surface area contributed by atoms with Gasteiger partial charge in [-0.1, -0.05) is 6.42 Å². The van der Waals surface area contributed by atoms with Crippen molar-refractivity contribution in [3.8, 4) is 27.7 Å². The molecule has 0 atom stereocenters. The summed E-state index contributed by atoms with van der Waals surface area (Å²) in [6, 6.07) is 20.2. The molecule has 0 unspecified atom stereocenters. The summed E-state index contributed by atoms with van der Waals surface area (Å²) in [6.45, 7) is 3.89. The molecule has 0 saturated carbocycles. The SMILES string of the molecule is COc1ccc2c(C(=O)c3ccc(OCCN4CCCCC4)cc3)c(-c3ccc(O)cc3)sc2c1.Cl. The summed E-state index contributed by atoms with van der Waals surface area (Å²) < 4.78 is 12.3. The Bertz CT molecular complexity index is 1310. The zero-order chi connectivity index (χ0) is 24.2. The van der Waals surface area contributed by atoms with E-state index in [1.165, 1.54) is 19.3 Å². The summed E-state index contributed by atoms with van der Waals surface area (Å²) >= 11 is 1.55. The van der Waals surface area contributed by atoms with Crippen molar-refractivity contribution in [1.29, 1.82) is 0 Å². The maximum absolute atomic E-state index is 13.7. The third-order valence-electron chi connectivity index (χ3n) is 6.50. The number of rotatable bonds is 8. The average molecular weight is 524 g/mol. The van der Waals surface area contributed by atoms with Gasteiger partial charge in [0.15, 0.2) is 5.78 Å². The molecule has 0 radical (unpaired) electrons. The third-order valence-corrected chi connectivity index (χ3v) is 7.70. The second-order valence-electron chi connectivity index (χ2n) is 8.82. The van der Waals surface area contributed by atoms with E-state index in [0.717, 1.165) is 51.7 Å². The lowest BCUT2D eigenvalue weighted by molar-refractivity contribution is 0.104. The van der Waals surface area contributed by atoms with Crippen LogP contribution < -0.4 is 9.47 Å². The quantitative estimate of drug-likeness (QED) is 0.257. The zero-order valence-electron chi connectivity index (χ0n) is 20.2. The highest BCUT2D eigenvalue weighted by Gasteiger charge is 2.22. The van der Waals surface area contributed by atoms with Gasteiger partial charge in [-0.15, -0.1) is 23.7 Å². The molecule has 3 aromatic carbocycles. The number of piperidine rings is 1. The van der Waals surface area contributed by atoms with Crippen LogP contribution in [0.2, 0.25) is 0 Å². The lowest BCUT2D eigenvalue weighted by Gasteiger charge is -2.26. The summed E-state index contributed by atoms with van der Waals surface area (Å²) in [4.78, 5) is 17.1. The summed E-state index contributed by atoms with van der Waals surface area (Å²) in [6.07, 6.45) is 3.87. The largest absolute Gasteiger partial charge is 0.508 e. The molecule has 4 aromatic rings. The van der Waals surface area contributed by atoms with Crippen LogP contribution in [0.3, 0.4) is 0 Å². The van der Waals surface area contributed by atoms with Crippen molar-refractivity contribution >= 4 is 39.6 Å². The van der Waals surface area contributed by atoms with E-state index in [-0.39, 0.29) is 23.9 Å². The van der Waals surface area contributed by atoms with Crippen LogP contribution in [0, 0.1) is 0 Å². The van der Waals surface area contributed by atoms with E-state index in [9.17, 15) is 9.90 Å². The molecule has 1 aliphatic rings. The Kier molecular flexibility index (Phi) is 8.52. The lowest BCUT2D eigenvalue weighted by atomic mass is 9.97. The molecule has 0 spiro atoms. The highest BCUT2D eigenvalue weighted by Crippen LogP contribution is 2.41. The van der Waals surface area contributed by atoms with Crippen LogP contribution in [0.1, 0.15) is 35.2 Å². The predicted octanol–water partition coefficient (Wildman–Crippen LogP) is 6.80. The number of ether oxygens (including phenoxy) is 2. The smallest absolute Gasteiger partial charge is 0.195 e. The van der Waals surface area contributed by atoms with E-state index in [1.807, 2.05) is 54.6 Å². The van der Waals surface area contributed by atoms with Crippen LogP contribution >= 0.6 is 23.7 Å². The van der Waals surface area contributed by atoms with Crippen LogP contribution in [0.4, 0.5) is 0 Å². The number of likely N-dealkylation sites (tertiary alicyclic amines) is 1. The van der Waals surface area contributed by atoms with Crippen molar-refractivity contribution in [3.63, 3.8) is 0 Å². The first-order valence-electron chi connectivity index (χ1n) is 12.0. The Hall–Kier alpha value is -3.06. The van der Waals surface area contributed by atoms with Gasteiger partial charge < -0.3 is 14.6 Å². The average Bonchev–Trinajstić information content (AvgIpc) is 3.28. The molecule has 7 heteroatoms. The predicted molar refractivity (Wildman–Crippen MR) is 148 cm³/mol. The molecule has 36 heavy (non-hydrogen) atoms. The van der Waals surface area contributed by atoms with Crippen molar-refractivity contribution < 1.29 is 19.4 Å². The maximum atomic E-state index is 13.7. The van der Waals surface area contributed by atoms with Crippen LogP contribution in [-0.2, 0) is 0 Å². The van der Waals surface area contributed by atoms with E-state index in [4.69, 9.17) is 9.47 Å². The fourth-order valence-electron chi connectivity index (χ4n) is 4.57. The number of thiophene rings is 1. The minimum absolute atomic E-state index is 0. The van der Waals surface area contributed by atoms with Gasteiger partial charge in [0.1, 0.15) is 23.9 Å². The Morgan fingerprint density at radius 1 is 0.944 bits per heavy atom.